The maximum absolute atomic E-state index is 10.8. The number of phosphoric ester groups is 1. The van der Waals surface area contributed by atoms with Gasteiger partial charge in [0.15, 0.2) is 0 Å². The molecule has 1 aromatic rings. The van der Waals surface area contributed by atoms with Gasteiger partial charge in [-0.15, -0.1) is 0 Å². The molecule has 1 heterocycles. The Morgan fingerprint density at radius 2 is 2.00 bits per heavy atom. The summed E-state index contributed by atoms with van der Waals surface area (Å²) in [4.78, 5) is 19.5. The van der Waals surface area contributed by atoms with Crippen molar-refractivity contribution in [1.82, 2.24) is 0 Å². The third-order valence-electron chi connectivity index (χ3n) is 2.54. The van der Waals surface area contributed by atoms with Crippen LogP contribution in [0.15, 0.2) is 30.3 Å². The molecule has 6 heteroatoms. The Kier molecular flexibility index (Phi) is 3.30. The first-order chi connectivity index (χ1) is 7.56. The van der Waals surface area contributed by atoms with Gasteiger partial charge in [0.05, 0.1) is 0 Å². The number of anilines is 1. The number of phosphoric acid groups is 1. The lowest BCUT2D eigenvalue weighted by Crippen LogP contribution is -2.30. The van der Waals surface area contributed by atoms with Crippen LogP contribution >= 0.6 is 7.82 Å². The second kappa shape index (κ2) is 4.55. The van der Waals surface area contributed by atoms with Crippen LogP contribution in [0.1, 0.15) is 12.8 Å². The molecule has 0 aliphatic carbocycles. The molecule has 1 saturated heterocycles. The Balaban J connectivity index is 2.13. The zero-order chi connectivity index (χ0) is 11.6. The predicted molar refractivity (Wildman–Crippen MR) is 59.9 cm³/mol. The van der Waals surface area contributed by atoms with Gasteiger partial charge in [0.1, 0.15) is 6.23 Å². The molecule has 1 aromatic carbocycles. The molecular weight excluding hydrogens is 229 g/mol. The van der Waals surface area contributed by atoms with Crippen LogP contribution in [-0.2, 0) is 9.09 Å². The summed E-state index contributed by atoms with van der Waals surface area (Å²) in [7, 11) is -4.41. The Bertz CT molecular complexity index is 391. The summed E-state index contributed by atoms with van der Waals surface area (Å²) in [5, 5.41) is 0. The van der Waals surface area contributed by atoms with Gasteiger partial charge < -0.3 is 14.7 Å². The second-order valence-corrected chi connectivity index (χ2v) is 4.91. The summed E-state index contributed by atoms with van der Waals surface area (Å²) in [6.07, 6.45) is 0.989. The molecule has 2 N–H and O–H groups in total. The molecule has 1 unspecified atom stereocenters. The molecule has 0 spiro atoms. The number of hydrogen-bond acceptors (Lipinski definition) is 3. The first kappa shape index (κ1) is 11.6. The number of rotatable bonds is 3. The van der Waals surface area contributed by atoms with E-state index in [2.05, 4.69) is 0 Å². The Hall–Kier alpha value is -0.870. The first-order valence-corrected chi connectivity index (χ1v) is 6.65. The van der Waals surface area contributed by atoms with Crippen molar-refractivity contribution in [3.63, 3.8) is 0 Å². The summed E-state index contributed by atoms with van der Waals surface area (Å²) < 4.78 is 15.6. The van der Waals surface area contributed by atoms with Crippen molar-refractivity contribution in [1.29, 1.82) is 0 Å². The molecule has 1 aliphatic rings. The van der Waals surface area contributed by atoms with Crippen molar-refractivity contribution in [2.45, 2.75) is 19.1 Å². The van der Waals surface area contributed by atoms with E-state index < -0.39 is 14.1 Å². The van der Waals surface area contributed by atoms with Gasteiger partial charge in [0.25, 0.3) is 0 Å². The van der Waals surface area contributed by atoms with Gasteiger partial charge >= 0.3 is 7.82 Å². The minimum absolute atomic E-state index is 0.525. The molecule has 0 radical (unpaired) electrons. The predicted octanol–water partition coefficient (Wildman–Crippen LogP) is 1.72. The average molecular weight is 243 g/mol. The van der Waals surface area contributed by atoms with E-state index in [0.29, 0.717) is 6.42 Å². The highest BCUT2D eigenvalue weighted by atomic mass is 31.2. The molecule has 1 atom stereocenters. The lowest BCUT2D eigenvalue weighted by molar-refractivity contribution is 0.139. The van der Waals surface area contributed by atoms with Crippen LogP contribution < -0.4 is 4.90 Å². The summed E-state index contributed by atoms with van der Waals surface area (Å²) in [6, 6.07) is 9.49. The van der Waals surface area contributed by atoms with Gasteiger partial charge in [0.2, 0.25) is 0 Å². The molecule has 0 saturated carbocycles. The van der Waals surface area contributed by atoms with Crippen molar-refractivity contribution >= 4 is 13.5 Å². The van der Waals surface area contributed by atoms with E-state index in [1.165, 1.54) is 0 Å². The van der Waals surface area contributed by atoms with E-state index in [9.17, 15) is 4.57 Å². The Labute approximate surface area is 93.9 Å². The van der Waals surface area contributed by atoms with E-state index in [-0.39, 0.29) is 0 Å². The maximum atomic E-state index is 10.8. The van der Waals surface area contributed by atoms with E-state index >= 15 is 0 Å². The zero-order valence-electron chi connectivity index (χ0n) is 8.69. The van der Waals surface area contributed by atoms with Gasteiger partial charge in [-0.3, -0.25) is 4.52 Å². The normalized spacial score (nSPS) is 21.4. The lowest BCUT2D eigenvalue weighted by Gasteiger charge is -2.26. The highest BCUT2D eigenvalue weighted by Crippen LogP contribution is 2.41. The minimum atomic E-state index is -4.41. The van der Waals surface area contributed by atoms with E-state index in [0.717, 1.165) is 18.7 Å². The zero-order valence-corrected chi connectivity index (χ0v) is 9.59. The topological polar surface area (TPSA) is 70.0 Å². The van der Waals surface area contributed by atoms with Crippen molar-refractivity contribution in [2.75, 3.05) is 11.4 Å². The molecule has 0 amide bonds. The quantitative estimate of drug-likeness (QED) is 0.791. The third-order valence-corrected chi connectivity index (χ3v) is 3.06. The van der Waals surface area contributed by atoms with Crippen molar-refractivity contribution in [3.8, 4) is 0 Å². The van der Waals surface area contributed by atoms with Gasteiger partial charge in [-0.05, 0) is 25.0 Å². The molecule has 0 bridgehead atoms. The standard InChI is InChI=1S/C10H14NO4P/c12-16(13,14)15-10-7-4-8-11(10)9-5-2-1-3-6-9/h1-3,5-6,10H,4,7-8H2,(H2,12,13,14). The average Bonchev–Trinajstić information content (AvgIpc) is 2.64. The monoisotopic (exact) mass is 243 g/mol. The van der Waals surface area contributed by atoms with Crippen LogP contribution in [0.2, 0.25) is 0 Å². The fraction of sp³-hybridized carbons (Fsp3) is 0.400. The van der Waals surface area contributed by atoms with Crippen LogP contribution in [0.4, 0.5) is 5.69 Å². The number of para-hydroxylation sites is 1. The van der Waals surface area contributed by atoms with Crippen LogP contribution in [0.25, 0.3) is 0 Å². The van der Waals surface area contributed by atoms with Crippen LogP contribution in [0.5, 0.6) is 0 Å². The highest BCUT2D eigenvalue weighted by Gasteiger charge is 2.31. The minimum Gasteiger partial charge on any atom is -0.346 e. The Morgan fingerprint density at radius 3 is 2.62 bits per heavy atom. The van der Waals surface area contributed by atoms with E-state index in [1.807, 2.05) is 35.2 Å². The third kappa shape index (κ3) is 2.83. The van der Waals surface area contributed by atoms with Crippen molar-refractivity contribution in [3.05, 3.63) is 30.3 Å². The molecule has 1 aliphatic heterocycles. The number of hydrogen-bond donors (Lipinski definition) is 2. The van der Waals surface area contributed by atoms with Gasteiger partial charge in [0, 0.05) is 12.2 Å². The summed E-state index contributed by atoms with van der Waals surface area (Å²) >= 11 is 0. The summed E-state index contributed by atoms with van der Waals surface area (Å²) in [5.41, 5.74) is 0.929. The molecule has 16 heavy (non-hydrogen) atoms. The SMILES string of the molecule is O=P(O)(O)OC1CCCN1c1ccccc1. The smallest absolute Gasteiger partial charge is 0.346 e. The molecule has 2 rings (SSSR count). The van der Waals surface area contributed by atoms with Crippen LogP contribution in [-0.4, -0.2) is 22.6 Å². The maximum Gasteiger partial charge on any atom is 0.471 e. The number of nitrogens with zero attached hydrogens (tertiary/aromatic N) is 1. The fourth-order valence-electron chi connectivity index (χ4n) is 1.92. The Morgan fingerprint density at radius 1 is 1.31 bits per heavy atom. The largest absolute Gasteiger partial charge is 0.471 e. The van der Waals surface area contributed by atoms with Crippen molar-refractivity contribution in [2.24, 2.45) is 0 Å². The van der Waals surface area contributed by atoms with Gasteiger partial charge in [-0.1, -0.05) is 18.2 Å². The summed E-state index contributed by atoms with van der Waals surface area (Å²) in [6.45, 7) is 0.759. The molecular formula is C10H14NO4P. The van der Waals surface area contributed by atoms with E-state index in [4.69, 9.17) is 14.3 Å². The second-order valence-electron chi connectivity index (χ2n) is 3.72. The van der Waals surface area contributed by atoms with Crippen LogP contribution in [0.3, 0.4) is 0 Å². The fourth-order valence-corrected chi connectivity index (χ4v) is 2.46. The van der Waals surface area contributed by atoms with Crippen LogP contribution in [0, 0.1) is 0 Å². The number of benzene rings is 1. The molecule has 88 valence electrons. The van der Waals surface area contributed by atoms with Gasteiger partial charge in [-0.2, -0.15) is 0 Å². The lowest BCUT2D eigenvalue weighted by atomic mass is 10.3. The van der Waals surface area contributed by atoms with Gasteiger partial charge in [-0.25, -0.2) is 4.57 Å². The summed E-state index contributed by atoms with van der Waals surface area (Å²) in [5.74, 6) is 0. The molecule has 5 nitrogen and oxygen atoms in total. The highest BCUT2D eigenvalue weighted by molar-refractivity contribution is 7.46. The van der Waals surface area contributed by atoms with Crippen molar-refractivity contribution < 1.29 is 18.9 Å². The molecule has 1 fully saturated rings. The first-order valence-electron chi connectivity index (χ1n) is 5.12. The van der Waals surface area contributed by atoms with E-state index in [1.54, 1.807) is 0 Å². The molecule has 0 aromatic heterocycles.